The van der Waals surface area contributed by atoms with Crippen LogP contribution in [0.5, 0.6) is 0 Å². The van der Waals surface area contributed by atoms with Crippen LogP contribution in [-0.4, -0.2) is 52.1 Å². The second-order valence-corrected chi connectivity index (χ2v) is 6.44. The summed E-state index contributed by atoms with van der Waals surface area (Å²) in [5.74, 6) is 0.206. The van der Waals surface area contributed by atoms with Gasteiger partial charge in [0.1, 0.15) is 0 Å². The molecule has 9 heteroatoms. The molecule has 0 radical (unpaired) electrons. The standard InChI is InChI=1S/C10H20F3N3O2S/c1-14-7-9-3-2-6-16(8-9)19(17,18)15-5-4-10(11,12)13/h9,14-15H,2-8H2,1H3. The van der Waals surface area contributed by atoms with E-state index in [0.29, 0.717) is 19.6 Å². The van der Waals surface area contributed by atoms with E-state index >= 15 is 0 Å². The van der Waals surface area contributed by atoms with Crippen LogP contribution in [-0.2, 0) is 10.2 Å². The van der Waals surface area contributed by atoms with Crippen LogP contribution < -0.4 is 10.0 Å². The Kier molecular flexibility index (Phi) is 6.03. The molecule has 1 aliphatic rings. The van der Waals surface area contributed by atoms with Gasteiger partial charge in [-0.3, -0.25) is 0 Å². The Bertz CT molecular complexity index is 371. The third-order valence-corrected chi connectivity index (χ3v) is 4.59. The van der Waals surface area contributed by atoms with Crippen molar-refractivity contribution in [3.8, 4) is 0 Å². The van der Waals surface area contributed by atoms with Crippen molar-refractivity contribution in [1.82, 2.24) is 14.3 Å². The molecule has 0 spiro atoms. The second kappa shape index (κ2) is 6.87. The van der Waals surface area contributed by atoms with Crippen LogP contribution in [0.3, 0.4) is 0 Å². The zero-order valence-corrected chi connectivity index (χ0v) is 11.6. The van der Waals surface area contributed by atoms with E-state index < -0.39 is 29.4 Å². The van der Waals surface area contributed by atoms with Gasteiger partial charge in [-0.15, -0.1) is 0 Å². The number of nitrogens with one attached hydrogen (secondary N) is 2. The van der Waals surface area contributed by atoms with Crippen molar-refractivity contribution in [3.63, 3.8) is 0 Å². The van der Waals surface area contributed by atoms with Crippen LogP contribution in [0, 0.1) is 5.92 Å². The first-order valence-corrected chi connectivity index (χ1v) is 7.64. The summed E-state index contributed by atoms with van der Waals surface area (Å²) in [7, 11) is -2.01. The van der Waals surface area contributed by atoms with Crippen molar-refractivity contribution < 1.29 is 21.6 Å². The molecule has 2 N–H and O–H groups in total. The molecular formula is C10H20F3N3O2S. The maximum absolute atomic E-state index is 12.0. The third kappa shape index (κ3) is 6.07. The van der Waals surface area contributed by atoms with Gasteiger partial charge in [-0.05, 0) is 32.4 Å². The molecule has 1 unspecified atom stereocenters. The van der Waals surface area contributed by atoms with Gasteiger partial charge in [0, 0.05) is 19.6 Å². The molecule has 1 fully saturated rings. The lowest BCUT2D eigenvalue weighted by molar-refractivity contribution is -0.132. The van der Waals surface area contributed by atoms with Gasteiger partial charge in [0.25, 0.3) is 10.2 Å². The molecule has 1 rings (SSSR count). The molecule has 0 aromatic carbocycles. The molecule has 0 bridgehead atoms. The van der Waals surface area contributed by atoms with Crippen LogP contribution in [0.2, 0.25) is 0 Å². The van der Waals surface area contributed by atoms with Gasteiger partial charge in [-0.2, -0.15) is 25.9 Å². The number of rotatable bonds is 6. The maximum Gasteiger partial charge on any atom is 0.390 e. The van der Waals surface area contributed by atoms with E-state index in [-0.39, 0.29) is 5.92 Å². The number of alkyl halides is 3. The minimum absolute atomic E-state index is 0.206. The van der Waals surface area contributed by atoms with Gasteiger partial charge in [0.05, 0.1) is 6.42 Å². The van der Waals surface area contributed by atoms with Crippen LogP contribution in [0.1, 0.15) is 19.3 Å². The molecule has 1 heterocycles. The summed E-state index contributed by atoms with van der Waals surface area (Å²) in [6, 6.07) is 0. The highest BCUT2D eigenvalue weighted by Gasteiger charge is 2.31. The highest BCUT2D eigenvalue weighted by atomic mass is 32.2. The average Bonchev–Trinajstić information content (AvgIpc) is 2.28. The Labute approximate surface area is 111 Å². The largest absolute Gasteiger partial charge is 0.390 e. The quantitative estimate of drug-likeness (QED) is 0.759. The van der Waals surface area contributed by atoms with E-state index in [0.717, 1.165) is 12.8 Å². The summed E-state index contributed by atoms with van der Waals surface area (Å²) in [5.41, 5.74) is 0. The number of hydrogen-bond donors (Lipinski definition) is 2. The van der Waals surface area contributed by atoms with Gasteiger partial charge in [0.2, 0.25) is 0 Å². The normalized spacial score (nSPS) is 22.6. The number of hydrogen-bond acceptors (Lipinski definition) is 3. The molecule has 5 nitrogen and oxygen atoms in total. The lowest BCUT2D eigenvalue weighted by Gasteiger charge is -2.31. The van der Waals surface area contributed by atoms with Gasteiger partial charge >= 0.3 is 6.18 Å². The molecule has 0 aromatic heterocycles. The Balaban J connectivity index is 2.47. The van der Waals surface area contributed by atoms with Gasteiger partial charge < -0.3 is 5.32 Å². The van der Waals surface area contributed by atoms with E-state index in [1.54, 1.807) is 7.05 Å². The summed E-state index contributed by atoms with van der Waals surface area (Å²) < 4.78 is 62.9. The van der Waals surface area contributed by atoms with Crippen molar-refractivity contribution in [2.24, 2.45) is 5.92 Å². The number of halogens is 3. The van der Waals surface area contributed by atoms with Crippen molar-refractivity contribution in [1.29, 1.82) is 0 Å². The molecule has 0 aliphatic carbocycles. The minimum atomic E-state index is -4.35. The van der Waals surface area contributed by atoms with Gasteiger partial charge in [-0.25, -0.2) is 4.72 Å². The van der Waals surface area contributed by atoms with E-state index in [1.165, 1.54) is 4.31 Å². The van der Waals surface area contributed by atoms with Crippen LogP contribution in [0.25, 0.3) is 0 Å². The zero-order chi connectivity index (χ0) is 14.5. The summed E-state index contributed by atoms with van der Waals surface area (Å²) in [5, 5.41) is 2.98. The lowest BCUT2D eigenvalue weighted by Crippen LogP contribution is -2.47. The Morgan fingerprint density at radius 2 is 2.05 bits per heavy atom. The molecule has 114 valence electrons. The molecular weight excluding hydrogens is 283 g/mol. The van der Waals surface area contributed by atoms with E-state index in [9.17, 15) is 21.6 Å². The summed E-state index contributed by atoms with van der Waals surface area (Å²) in [6.45, 7) is 0.803. The fourth-order valence-corrected chi connectivity index (χ4v) is 3.43. The second-order valence-electron chi connectivity index (χ2n) is 4.69. The number of nitrogens with zero attached hydrogens (tertiary/aromatic N) is 1. The molecule has 1 saturated heterocycles. The molecule has 0 aromatic rings. The highest BCUT2D eigenvalue weighted by molar-refractivity contribution is 7.87. The Morgan fingerprint density at radius 1 is 1.37 bits per heavy atom. The summed E-state index contributed by atoms with van der Waals surface area (Å²) in [4.78, 5) is 0. The first-order chi connectivity index (χ1) is 8.74. The Morgan fingerprint density at radius 3 is 2.63 bits per heavy atom. The summed E-state index contributed by atoms with van der Waals surface area (Å²) in [6.07, 6.45) is -3.85. The maximum atomic E-state index is 12.0. The van der Waals surface area contributed by atoms with Crippen molar-refractivity contribution in [2.45, 2.75) is 25.4 Å². The minimum Gasteiger partial charge on any atom is -0.319 e. The molecule has 1 atom stereocenters. The fourth-order valence-electron chi connectivity index (χ4n) is 2.11. The van der Waals surface area contributed by atoms with Crippen molar-refractivity contribution in [3.05, 3.63) is 0 Å². The van der Waals surface area contributed by atoms with Crippen LogP contribution in [0.4, 0.5) is 13.2 Å². The zero-order valence-electron chi connectivity index (χ0n) is 10.8. The SMILES string of the molecule is CNCC1CCCN(S(=O)(=O)NCCC(F)(F)F)C1. The topological polar surface area (TPSA) is 61.4 Å². The number of piperidine rings is 1. The monoisotopic (exact) mass is 303 g/mol. The third-order valence-electron chi connectivity index (χ3n) is 3.01. The van der Waals surface area contributed by atoms with E-state index in [1.807, 2.05) is 4.72 Å². The van der Waals surface area contributed by atoms with Crippen molar-refractivity contribution >= 4 is 10.2 Å². The average molecular weight is 303 g/mol. The highest BCUT2D eigenvalue weighted by Crippen LogP contribution is 2.20. The van der Waals surface area contributed by atoms with E-state index in [2.05, 4.69) is 5.32 Å². The predicted octanol–water partition coefficient (Wildman–Crippen LogP) is 0.705. The first kappa shape index (κ1) is 16.7. The smallest absolute Gasteiger partial charge is 0.319 e. The fraction of sp³-hybridized carbons (Fsp3) is 1.00. The Hall–Kier alpha value is -0.380. The van der Waals surface area contributed by atoms with Crippen LogP contribution >= 0.6 is 0 Å². The van der Waals surface area contributed by atoms with Gasteiger partial charge in [0.15, 0.2) is 0 Å². The van der Waals surface area contributed by atoms with Crippen molar-refractivity contribution in [2.75, 3.05) is 33.2 Å². The molecule has 19 heavy (non-hydrogen) atoms. The lowest BCUT2D eigenvalue weighted by atomic mass is 10.00. The predicted molar refractivity (Wildman–Crippen MR) is 65.8 cm³/mol. The molecule has 0 amide bonds. The molecule has 1 aliphatic heterocycles. The van der Waals surface area contributed by atoms with Gasteiger partial charge in [-0.1, -0.05) is 0 Å². The first-order valence-electron chi connectivity index (χ1n) is 6.20. The molecule has 0 saturated carbocycles. The summed E-state index contributed by atoms with van der Waals surface area (Å²) >= 11 is 0. The van der Waals surface area contributed by atoms with Crippen LogP contribution in [0.15, 0.2) is 0 Å². The van der Waals surface area contributed by atoms with E-state index in [4.69, 9.17) is 0 Å².